The van der Waals surface area contributed by atoms with Crippen LogP contribution in [0.3, 0.4) is 0 Å². The highest BCUT2D eigenvalue weighted by Crippen LogP contribution is 2.31. The number of rotatable bonds is 5. The lowest BCUT2D eigenvalue weighted by molar-refractivity contribution is 0.0364. The Kier molecular flexibility index (Phi) is 6.36. The van der Waals surface area contributed by atoms with E-state index in [9.17, 15) is 4.79 Å². The number of halogens is 1. The van der Waals surface area contributed by atoms with E-state index in [-0.39, 0.29) is 5.56 Å². The molecule has 4 aromatic rings. The summed E-state index contributed by atoms with van der Waals surface area (Å²) < 4.78 is 7.19. The molecule has 5 rings (SSSR count). The fourth-order valence-corrected chi connectivity index (χ4v) is 4.49. The number of nitrogens with zero attached hydrogens (tertiary/aromatic N) is 6. The van der Waals surface area contributed by atoms with Crippen LogP contribution in [0.1, 0.15) is 11.5 Å². The summed E-state index contributed by atoms with van der Waals surface area (Å²) in [5, 5.41) is 1.27. The Balaban J connectivity index is 1.57. The zero-order valence-corrected chi connectivity index (χ0v) is 19.9. The van der Waals surface area contributed by atoms with E-state index < -0.39 is 0 Å². The number of hydrogen-bond donors (Lipinski definition) is 0. The second kappa shape index (κ2) is 9.58. The molecule has 1 aliphatic rings. The van der Waals surface area contributed by atoms with Crippen LogP contribution < -0.4 is 5.56 Å². The molecule has 0 radical (unpaired) electrons. The van der Waals surface area contributed by atoms with Crippen molar-refractivity contribution in [2.75, 3.05) is 32.8 Å². The number of pyridine rings is 1. The normalized spacial score (nSPS) is 14.6. The van der Waals surface area contributed by atoms with Gasteiger partial charge in [-0.1, -0.05) is 23.7 Å². The topological polar surface area (TPSA) is 86.0 Å². The Hall–Kier alpha value is -3.20. The maximum Gasteiger partial charge on any atom is 0.260 e. The maximum absolute atomic E-state index is 13.7. The molecular formula is C25H25ClN6O2. The molecule has 174 valence electrons. The third-order valence-corrected chi connectivity index (χ3v) is 6.31. The van der Waals surface area contributed by atoms with E-state index in [0.29, 0.717) is 47.4 Å². The lowest BCUT2D eigenvalue weighted by atomic mass is 10.0. The molecule has 3 aromatic heterocycles. The van der Waals surface area contributed by atoms with E-state index in [4.69, 9.17) is 16.3 Å². The molecule has 8 nitrogen and oxygen atoms in total. The second-order valence-electron chi connectivity index (χ2n) is 8.41. The fourth-order valence-electron chi connectivity index (χ4n) is 4.21. The van der Waals surface area contributed by atoms with Crippen molar-refractivity contribution in [1.82, 2.24) is 29.4 Å². The molecule has 0 atom stereocenters. The molecule has 1 aromatic carbocycles. The first kappa shape index (κ1) is 22.6. The quantitative estimate of drug-likeness (QED) is 0.435. The van der Waals surface area contributed by atoms with Crippen molar-refractivity contribution in [3.63, 3.8) is 0 Å². The van der Waals surface area contributed by atoms with Crippen molar-refractivity contribution in [3.8, 4) is 22.4 Å². The van der Waals surface area contributed by atoms with Crippen molar-refractivity contribution >= 4 is 22.6 Å². The Morgan fingerprint density at radius 2 is 1.82 bits per heavy atom. The fraction of sp³-hybridized carbons (Fsp3) is 0.320. The lowest BCUT2D eigenvalue weighted by Crippen LogP contribution is -2.39. The van der Waals surface area contributed by atoms with Crippen molar-refractivity contribution < 1.29 is 4.74 Å². The molecule has 0 saturated carbocycles. The second-order valence-corrected chi connectivity index (χ2v) is 8.81. The SMILES string of the molecule is Cc1cncc(-c2ccc(-c3cc4cnc(C)nc4n(CCN4CCOCC4)c3=O)c(Cl)c2)n1. The zero-order valence-electron chi connectivity index (χ0n) is 19.2. The average molecular weight is 477 g/mol. The van der Waals surface area contributed by atoms with Gasteiger partial charge in [0.2, 0.25) is 0 Å². The van der Waals surface area contributed by atoms with E-state index >= 15 is 0 Å². The van der Waals surface area contributed by atoms with Crippen LogP contribution in [-0.2, 0) is 11.3 Å². The van der Waals surface area contributed by atoms with Crippen LogP contribution in [0.25, 0.3) is 33.4 Å². The molecule has 0 unspecified atom stereocenters. The van der Waals surface area contributed by atoms with Gasteiger partial charge < -0.3 is 4.74 Å². The van der Waals surface area contributed by atoms with Crippen molar-refractivity contribution in [1.29, 1.82) is 0 Å². The summed E-state index contributed by atoms with van der Waals surface area (Å²) in [5.41, 5.74) is 4.11. The van der Waals surface area contributed by atoms with E-state index in [1.807, 2.05) is 38.1 Å². The van der Waals surface area contributed by atoms with Crippen molar-refractivity contribution in [2.45, 2.75) is 20.4 Å². The summed E-state index contributed by atoms with van der Waals surface area (Å²) in [4.78, 5) is 33.7. The van der Waals surface area contributed by atoms with E-state index in [1.54, 1.807) is 23.2 Å². The molecule has 1 fully saturated rings. The molecule has 4 heterocycles. The van der Waals surface area contributed by atoms with Gasteiger partial charge in [-0.05, 0) is 26.0 Å². The first-order valence-electron chi connectivity index (χ1n) is 11.3. The van der Waals surface area contributed by atoms with Crippen LogP contribution >= 0.6 is 11.6 Å². The summed E-state index contributed by atoms with van der Waals surface area (Å²) in [7, 11) is 0. The first-order valence-corrected chi connectivity index (χ1v) is 11.6. The molecule has 0 spiro atoms. The van der Waals surface area contributed by atoms with Crippen LogP contribution in [0, 0.1) is 13.8 Å². The molecule has 0 N–H and O–H groups in total. The van der Waals surface area contributed by atoms with Crippen molar-refractivity contribution in [3.05, 3.63) is 69.8 Å². The van der Waals surface area contributed by atoms with E-state index in [1.165, 1.54) is 0 Å². The van der Waals surface area contributed by atoms with Gasteiger partial charge in [0.15, 0.2) is 0 Å². The van der Waals surface area contributed by atoms with E-state index in [0.717, 1.165) is 42.0 Å². The number of aryl methyl sites for hydroxylation is 2. The largest absolute Gasteiger partial charge is 0.379 e. The van der Waals surface area contributed by atoms with Gasteiger partial charge in [-0.2, -0.15) is 0 Å². The van der Waals surface area contributed by atoms with Gasteiger partial charge in [0.1, 0.15) is 11.5 Å². The van der Waals surface area contributed by atoms with Crippen LogP contribution in [0.5, 0.6) is 0 Å². The number of benzene rings is 1. The van der Waals surface area contributed by atoms with Gasteiger partial charge >= 0.3 is 0 Å². The van der Waals surface area contributed by atoms with Gasteiger partial charge in [-0.25, -0.2) is 15.0 Å². The molecular weight excluding hydrogens is 452 g/mol. The number of morpholine rings is 1. The van der Waals surface area contributed by atoms with Crippen LogP contribution in [0.4, 0.5) is 0 Å². The number of ether oxygens (including phenoxy) is 1. The van der Waals surface area contributed by atoms with Gasteiger partial charge in [-0.3, -0.25) is 19.2 Å². The summed E-state index contributed by atoms with van der Waals surface area (Å²) in [6.45, 7) is 8.12. The van der Waals surface area contributed by atoms with Crippen LogP contribution in [0.15, 0.2) is 47.7 Å². The highest BCUT2D eigenvalue weighted by molar-refractivity contribution is 6.33. The van der Waals surface area contributed by atoms with Gasteiger partial charge in [0.25, 0.3) is 5.56 Å². The molecule has 9 heteroatoms. The molecule has 1 aliphatic heterocycles. The molecule has 0 aliphatic carbocycles. The molecule has 34 heavy (non-hydrogen) atoms. The number of aromatic nitrogens is 5. The summed E-state index contributed by atoms with van der Waals surface area (Å²) in [6, 6.07) is 7.44. The zero-order chi connectivity index (χ0) is 23.7. The molecule has 0 amide bonds. The Morgan fingerprint density at radius 1 is 1.00 bits per heavy atom. The third kappa shape index (κ3) is 4.57. The number of fused-ring (bicyclic) bond motifs is 1. The Morgan fingerprint density at radius 3 is 2.59 bits per heavy atom. The third-order valence-electron chi connectivity index (χ3n) is 6.00. The van der Waals surface area contributed by atoms with Gasteiger partial charge in [0.05, 0.1) is 30.8 Å². The standard InChI is InChI=1S/C25H25ClN6O2/c1-16-13-27-15-23(29-16)18-3-4-20(22(26)12-18)21-11-19-14-28-17(2)30-24(19)32(25(21)33)6-5-31-7-9-34-10-8-31/h3-4,11-15H,5-10H2,1-2H3. The lowest BCUT2D eigenvalue weighted by Gasteiger charge is -2.27. The summed E-state index contributed by atoms with van der Waals surface area (Å²) in [6.07, 6.45) is 5.17. The molecule has 0 bridgehead atoms. The van der Waals surface area contributed by atoms with Crippen LogP contribution in [0.2, 0.25) is 5.02 Å². The predicted molar refractivity (Wildman–Crippen MR) is 132 cm³/mol. The smallest absolute Gasteiger partial charge is 0.260 e. The van der Waals surface area contributed by atoms with Crippen molar-refractivity contribution in [2.24, 2.45) is 0 Å². The van der Waals surface area contributed by atoms with Gasteiger partial charge in [0, 0.05) is 65.7 Å². The highest BCUT2D eigenvalue weighted by atomic mass is 35.5. The molecule has 1 saturated heterocycles. The minimum absolute atomic E-state index is 0.121. The highest BCUT2D eigenvalue weighted by Gasteiger charge is 2.17. The monoisotopic (exact) mass is 476 g/mol. The van der Waals surface area contributed by atoms with Gasteiger partial charge in [-0.15, -0.1) is 0 Å². The average Bonchev–Trinajstić information content (AvgIpc) is 2.84. The summed E-state index contributed by atoms with van der Waals surface area (Å²) in [5.74, 6) is 0.626. The van der Waals surface area contributed by atoms with E-state index in [2.05, 4.69) is 24.8 Å². The maximum atomic E-state index is 13.7. The minimum atomic E-state index is -0.121. The Labute approximate surface area is 202 Å². The number of hydrogen-bond acceptors (Lipinski definition) is 7. The first-order chi connectivity index (χ1) is 16.5. The Bertz CT molecular complexity index is 1410. The van der Waals surface area contributed by atoms with Crippen LogP contribution in [-0.4, -0.2) is 62.3 Å². The minimum Gasteiger partial charge on any atom is -0.379 e. The predicted octanol–water partition coefficient (Wildman–Crippen LogP) is 3.52. The summed E-state index contributed by atoms with van der Waals surface area (Å²) >= 11 is 6.70.